The number of hydrogen-bond acceptors (Lipinski definition) is 3. The standard InChI is InChI=1S/C9H17NO3/c1-3-4-5-6-7(11)9(2,10)8(12)13/h3-6,10H2,1-2H3,(H,12,13). The molecule has 0 aliphatic heterocycles. The zero-order valence-electron chi connectivity index (χ0n) is 8.17. The van der Waals surface area contributed by atoms with Gasteiger partial charge < -0.3 is 10.8 Å². The molecule has 0 aromatic carbocycles. The number of carbonyl (C=O) groups is 2. The quantitative estimate of drug-likeness (QED) is 0.479. The van der Waals surface area contributed by atoms with E-state index in [1.165, 1.54) is 6.92 Å². The summed E-state index contributed by atoms with van der Waals surface area (Å²) in [4.78, 5) is 21.8. The molecule has 1 unspecified atom stereocenters. The molecule has 4 heteroatoms. The Bertz CT molecular complexity index is 199. The third kappa shape index (κ3) is 3.55. The molecule has 3 N–H and O–H groups in total. The average molecular weight is 187 g/mol. The van der Waals surface area contributed by atoms with E-state index in [9.17, 15) is 9.59 Å². The van der Waals surface area contributed by atoms with E-state index in [0.717, 1.165) is 19.3 Å². The van der Waals surface area contributed by atoms with Crippen LogP contribution in [0.1, 0.15) is 39.5 Å². The molecule has 0 aromatic rings. The number of rotatable bonds is 6. The van der Waals surface area contributed by atoms with Crippen molar-refractivity contribution in [2.75, 3.05) is 0 Å². The van der Waals surface area contributed by atoms with E-state index < -0.39 is 17.3 Å². The first-order valence-corrected chi connectivity index (χ1v) is 4.48. The number of ketones is 1. The first-order chi connectivity index (χ1) is 5.92. The molecular weight excluding hydrogens is 170 g/mol. The van der Waals surface area contributed by atoms with Gasteiger partial charge in [-0.25, -0.2) is 4.79 Å². The number of nitrogens with two attached hydrogens (primary N) is 1. The highest BCUT2D eigenvalue weighted by molar-refractivity contribution is 6.06. The van der Waals surface area contributed by atoms with Crippen molar-refractivity contribution in [1.29, 1.82) is 0 Å². The second-order valence-corrected chi connectivity index (χ2v) is 3.39. The van der Waals surface area contributed by atoms with Gasteiger partial charge in [0.25, 0.3) is 0 Å². The molecule has 0 fully saturated rings. The minimum Gasteiger partial charge on any atom is -0.480 e. The Labute approximate surface area is 78.1 Å². The Kier molecular flexibility index (Phi) is 4.62. The van der Waals surface area contributed by atoms with Crippen molar-refractivity contribution in [3.05, 3.63) is 0 Å². The third-order valence-electron chi connectivity index (χ3n) is 2.03. The first kappa shape index (κ1) is 12.1. The highest BCUT2D eigenvalue weighted by Gasteiger charge is 2.35. The monoisotopic (exact) mass is 187 g/mol. The van der Waals surface area contributed by atoms with Gasteiger partial charge in [0.05, 0.1) is 0 Å². The van der Waals surface area contributed by atoms with Crippen LogP contribution in [-0.4, -0.2) is 22.4 Å². The summed E-state index contributed by atoms with van der Waals surface area (Å²) in [6.45, 7) is 3.26. The molecule has 0 aliphatic rings. The summed E-state index contributed by atoms with van der Waals surface area (Å²) in [6.07, 6.45) is 2.91. The molecule has 0 aromatic heterocycles. The number of hydrogen-bond donors (Lipinski definition) is 2. The SMILES string of the molecule is CCCCCC(=O)C(C)(N)C(=O)O. The Morgan fingerprint density at radius 2 is 1.92 bits per heavy atom. The van der Waals surface area contributed by atoms with Gasteiger partial charge in [0.15, 0.2) is 11.3 Å². The second kappa shape index (κ2) is 4.97. The number of Topliss-reactive ketones (excluding diaryl/α,β-unsaturated/α-hetero) is 1. The van der Waals surface area contributed by atoms with Gasteiger partial charge in [0.1, 0.15) is 0 Å². The summed E-state index contributed by atoms with van der Waals surface area (Å²) in [5, 5.41) is 8.62. The molecule has 0 saturated heterocycles. The second-order valence-electron chi connectivity index (χ2n) is 3.39. The lowest BCUT2D eigenvalue weighted by Gasteiger charge is -2.16. The Hall–Kier alpha value is -0.900. The molecule has 13 heavy (non-hydrogen) atoms. The molecule has 0 spiro atoms. The van der Waals surface area contributed by atoms with Crippen molar-refractivity contribution in [1.82, 2.24) is 0 Å². The fourth-order valence-corrected chi connectivity index (χ4v) is 0.914. The average Bonchev–Trinajstić information content (AvgIpc) is 2.04. The predicted octanol–water partition coefficient (Wildman–Crippen LogP) is 0.938. The minimum absolute atomic E-state index is 0.257. The molecule has 0 aliphatic carbocycles. The van der Waals surface area contributed by atoms with Crippen molar-refractivity contribution < 1.29 is 14.7 Å². The Morgan fingerprint density at radius 3 is 2.31 bits per heavy atom. The van der Waals surface area contributed by atoms with E-state index in [1.807, 2.05) is 6.92 Å². The summed E-state index contributed by atoms with van der Waals surface area (Å²) < 4.78 is 0. The summed E-state index contributed by atoms with van der Waals surface area (Å²) >= 11 is 0. The topological polar surface area (TPSA) is 80.4 Å². The van der Waals surface area contributed by atoms with Gasteiger partial charge in [0.2, 0.25) is 0 Å². The molecule has 76 valence electrons. The molecular formula is C9H17NO3. The van der Waals surface area contributed by atoms with Crippen molar-refractivity contribution >= 4 is 11.8 Å². The van der Waals surface area contributed by atoms with Crippen LogP contribution in [0, 0.1) is 0 Å². The lowest BCUT2D eigenvalue weighted by molar-refractivity contribution is -0.147. The first-order valence-electron chi connectivity index (χ1n) is 4.48. The van der Waals surface area contributed by atoms with Crippen LogP contribution in [0.25, 0.3) is 0 Å². The maximum atomic E-state index is 11.3. The smallest absolute Gasteiger partial charge is 0.331 e. The van der Waals surface area contributed by atoms with Crippen LogP contribution in [0.5, 0.6) is 0 Å². The van der Waals surface area contributed by atoms with Crippen molar-refractivity contribution in [3.8, 4) is 0 Å². The largest absolute Gasteiger partial charge is 0.480 e. The number of aliphatic carboxylic acids is 1. The van der Waals surface area contributed by atoms with Crippen LogP contribution in [0.4, 0.5) is 0 Å². The molecule has 4 nitrogen and oxygen atoms in total. The highest BCUT2D eigenvalue weighted by atomic mass is 16.4. The highest BCUT2D eigenvalue weighted by Crippen LogP contribution is 2.08. The summed E-state index contributed by atoms with van der Waals surface area (Å²) in [7, 11) is 0. The van der Waals surface area contributed by atoms with Gasteiger partial charge in [-0.15, -0.1) is 0 Å². The Balaban J connectivity index is 4.03. The number of carbonyl (C=O) groups excluding carboxylic acids is 1. The minimum atomic E-state index is -1.71. The van der Waals surface area contributed by atoms with Gasteiger partial charge >= 0.3 is 5.97 Å². The van der Waals surface area contributed by atoms with E-state index >= 15 is 0 Å². The maximum Gasteiger partial charge on any atom is 0.331 e. The fourth-order valence-electron chi connectivity index (χ4n) is 0.914. The van der Waals surface area contributed by atoms with Gasteiger partial charge in [-0.05, 0) is 13.3 Å². The van der Waals surface area contributed by atoms with Crippen LogP contribution in [0.2, 0.25) is 0 Å². The van der Waals surface area contributed by atoms with Gasteiger partial charge in [-0.2, -0.15) is 0 Å². The molecule has 1 atom stereocenters. The van der Waals surface area contributed by atoms with Crippen LogP contribution in [0.3, 0.4) is 0 Å². The Morgan fingerprint density at radius 1 is 1.38 bits per heavy atom. The van der Waals surface area contributed by atoms with E-state index in [2.05, 4.69) is 0 Å². The van der Waals surface area contributed by atoms with E-state index in [0.29, 0.717) is 0 Å². The maximum absolute atomic E-state index is 11.3. The van der Waals surface area contributed by atoms with Crippen LogP contribution in [-0.2, 0) is 9.59 Å². The number of carboxylic acids is 1. The molecule has 0 radical (unpaired) electrons. The normalized spacial score (nSPS) is 15.0. The van der Waals surface area contributed by atoms with Gasteiger partial charge in [-0.1, -0.05) is 19.8 Å². The third-order valence-corrected chi connectivity index (χ3v) is 2.03. The summed E-state index contributed by atoms with van der Waals surface area (Å²) in [6, 6.07) is 0. The van der Waals surface area contributed by atoms with Crippen molar-refractivity contribution in [3.63, 3.8) is 0 Å². The van der Waals surface area contributed by atoms with E-state index in [-0.39, 0.29) is 6.42 Å². The molecule has 0 saturated carbocycles. The number of unbranched alkanes of at least 4 members (excludes halogenated alkanes) is 2. The van der Waals surface area contributed by atoms with Crippen molar-refractivity contribution in [2.45, 2.75) is 45.1 Å². The molecule has 0 bridgehead atoms. The van der Waals surface area contributed by atoms with E-state index in [1.54, 1.807) is 0 Å². The zero-order valence-corrected chi connectivity index (χ0v) is 8.17. The lowest BCUT2D eigenvalue weighted by Crippen LogP contribution is -2.52. The summed E-state index contributed by atoms with van der Waals surface area (Å²) in [5.41, 5.74) is 3.62. The van der Waals surface area contributed by atoms with Crippen molar-refractivity contribution in [2.24, 2.45) is 5.73 Å². The molecule has 0 rings (SSSR count). The zero-order chi connectivity index (χ0) is 10.5. The fraction of sp³-hybridized carbons (Fsp3) is 0.778. The van der Waals surface area contributed by atoms with E-state index in [4.69, 9.17) is 10.8 Å². The predicted molar refractivity (Wildman–Crippen MR) is 49.4 cm³/mol. The van der Waals surface area contributed by atoms with Crippen LogP contribution in [0.15, 0.2) is 0 Å². The summed E-state index contributed by atoms with van der Waals surface area (Å²) in [5.74, 6) is -1.65. The lowest BCUT2D eigenvalue weighted by atomic mass is 9.94. The molecule has 0 heterocycles. The van der Waals surface area contributed by atoms with Crippen LogP contribution < -0.4 is 5.73 Å². The van der Waals surface area contributed by atoms with Gasteiger partial charge in [0, 0.05) is 6.42 Å². The van der Waals surface area contributed by atoms with Crippen LogP contribution >= 0.6 is 0 Å². The number of carboxylic acid groups (broad SMARTS) is 1. The van der Waals surface area contributed by atoms with Gasteiger partial charge in [-0.3, -0.25) is 4.79 Å². The molecule has 0 amide bonds.